The fraction of sp³-hybridized carbons (Fsp3) is 0.778. The maximum Gasteiger partial charge on any atom is 0.212 e. The summed E-state index contributed by atoms with van der Waals surface area (Å²) in [5.41, 5.74) is 0. The van der Waals surface area contributed by atoms with E-state index in [1.807, 2.05) is 0 Å². The maximum atomic E-state index is 11.7. The topological polar surface area (TPSA) is 88.9 Å². The van der Waals surface area contributed by atoms with Gasteiger partial charge in [-0.15, -0.1) is 10.2 Å². The zero-order chi connectivity index (χ0) is 12.9. The van der Waals surface area contributed by atoms with Crippen LogP contribution in [-0.2, 0) is 17.1 Å². The Bertz CT molecular complexity index is 442. The smallest absolute Gasteiger partial charge is 0.212 e. The van der Waals surface area contributed by atoms with Gasteiger partial charge in [0.1, 0.15) is 12.2 Å². The highest BCUT2D eigenvalue weighted by atomic mass is 32.2. The fourth-order valence-corrected chi connectivity index (χ4v) is 2.79. The Kier molecular flexibility index (Phi) is 5.03. The van der Waals surface area contributed by atoms with Crippen LogP contribution in [0.3, 0.4) is 0 Å². The monoisotopic (exact) mass is 261 g/mol. The van der Waals surface area contributed by atoms with Gasteiger partial charge in [-0.05, 0) is 26.9 Å². The van der Waals surface area contributed by atoms with Crippen molar-refractivity contribution in [3.8, 4) is 0 Å². The molecule has 1 unspecified atom stereocenters. The molecule has 1 aromatic rings. The van der Waals surface area contributed by atoms with Gasteiger partial charge in [-0.25, -0.2) is 13.1 Å². The van der Waals surface area contributed by atoms with Crippen molar-refractivity contribution in [2.24, 2.45) is 7.05 Å². The van der Waals surface area contributed by atoms with Crippen molar-refractivity contribution in [2.75, 3.05) is 19.3 Å². The van der Waals surface area contributed by atoms with Crippen LogP contribution in [0, 0.1) is 0 Å². The van der Waals surface area contributed by atoms with E-state index in [2.05, 4.69) is 20.2 Å². The zero-order valence-electron chi connectivity index (χ0n) is 10.3. The Labute approximate surface area is 102 Å². The summed E-state index contributed by atoms with van der Waals surface area (Å²) in [6, 6.07) is -0.373. The van der Waals surface area contributed by atoms with Gasteiger partial charge < -0.3 is 9.88 Å². The highest BCUT2D eigenvalue weighted by molar-refractivity contribution is 7.89. The predicted molar refractivity (Wildman–Crippen MR) is 64.9 cm³/mol. The molecule has 17 heavy (non-hydrogen) atoms. The molecule has 1 aromatic heterocycles. The first-order valence-corrected chi connectivity index (χ1v) is 7.10. The Morgan fingerprint density at radius 3 is 2.76 bits per heavy atom. The van der Waals surface area contributed by atoms with Gasteiger partial charge in [0.25, 0.3) is 0 Å². The van der Waals surface area contributed by atoms with E-state index >= 15 is 0 Å². The lowest BCUT2D eigenvalue weighted by atomic mass is 10.3. The third-order valence-corrected chi connectivity index (χ3v) is 3.87. The van der Waals surface area contributed by atoms with Crippen molar-refractivity contribution in [1.29, 1.82) is 0 Å². The molecule has 0 bridgehead atoms. The van der Waals surface area contributed by atoms with Gasteiger partial charge in [0.05, 0.1) is 11.8 Å². The Morgan fingerprint density at radius 2 is 2.24 bits per heavy atom. The number of aromatic nitrogens is 3. The van der Waals surface area contributed by atoms with E-state index in [1.54, 1.807) is 31.9 Å². The van der Waals surface area contributed by atoms with Crippen molar-refractivity contribution < 1.29 is 8.42 Å². The van der Waals surface area contributed by atoms with E-state index in [9.17, 15) is 8.42 Å². The zero-order valence-corrected chi connectivity index (χ0v) is 11.2. The van der Waals surface area contributed by atoms with Crippen LogP contribution in [-0.4, -0.2) is 42.5 Å². The highest BCUT2D eigenvalue weighted by Gasteiger charge is 2.18. The Hall–Kier alpha value is -0.990. The largest absolute Gasteiger partial charge is 0.320 e. The molecule has 1 heterocycles. The molecule has 0 aromatic carbocycles. The van der Waals surface area contributed by atoms with E-state index in [1.165, 1.54) is 0 Å². The van der Waals surface area contributed by atoms with Crippen LogP contribution in [0.5, 0.6) is 0 Å². The van der Waals surface area contributed by atoms with Crippen molar-refractivity contribution in [3.05, 3.63) is 12.2 Å². The molecule has 0 aliphatic heterocycles. The second-order valence-electron chi connectivity index (χ2n) is 3.92. The third kappa shape index (κ3) is 4.41. The molecule has 8 heteroatoms. The minimum absolute atomic E-state index is 0.107. The molecule has 1 atom stereocenters. The fourth-order valence-electron chi connectivity index (χ4n) is 1.50. The summed E-state index contributed by atoms with van der Waals surface area (Å²) in [6.45, 7) is 2.43. The summed E-state index contributed by atoms with van der Waals surface area (Å²) >= 11 is 0. The Balaban J connectivity index is 2.56. The molecule has 0 amide bonds. The van der Waals surface area contributed by atoms with Gasteiger partial charge in [-0.2, -0.15) is 0 Å². The van der Waals surface area contributed by atoms with Crippen LogP contribution in [0.1, 0.15) is 25.2 Å². The molecule has 7 nitrogen and oxygen atoms in total. The van der Waals surface area contributed by atoms with Gasteiger partial charge in [-0.1, -0.05) is 0 Å². The lowest BCUT2D eigenvalue weighted by Gasteiger charge is -2.13. The van der Waals surface area contributed by atoms with Gasteiger partial charge in [0, 0.05) is 7.05 Å². The van der Waals surface area contributed by atoms with Crippen molar-refractivity contribution >= 4 is 10.0 Å². The number of hydrogen-bond acceptors (Lipinski definition) is 5. The number of nitrogens with one attached hydrogen (secondary N) is 2. The number of hydrogen-bond donors (Lipinski definition) is 2. The SMILES string of the molecule is CNCCCS(=O)(=O)NC(C)c1nncn1C. The molecule has 0 spiro atoms. The molecule has 0 saturated heterocycles. The number of nitrogens with zero attached hydrogens (tertiary/aromatic N) is 3. The molecule has 0 aliphatic carbocycles. The van der Waals surface area contributed by atoms with Gasteiger partial charge in [0.2, 0.25) is 10.0 Å². The second kappa shape index (κ2) is 6.08. The summed E-state index contributed by atoms with van der Waals surface area (Å²) in [5.74, 6) is 0.706. The van der Waals surface area contributed by atoms with Gasteiger partial charge in [0.15, 0.2) is 0 Å². The van der Waals surface area contributed by atoms with Crippen LogP contribution in [0.15, 0.2) is 6.33 Å². The Morgan fingerprint density at radius 1 is 1.53 bits per heavy atom. The maximum absolute atomic E-state index is 11.7. The molecule has 0 saturated carbocycles. The van der Waals surface area contributed by atoms with Crippen LogP contribution >= 0.6 is 0 Å². The summed E-state index contributed by atoms with van der Waals surface area (Å²) < 4.78 is 27.7. The number of rotatable bonds is 7. The summed E-state index contributed by atoms with van der Waals surface area (Å²) in [4.78, 5) is 0. The summed E-state index contributed by atoms with van der Waals surface area (Å²) in [5, 5.41) is 10.5. The molecule has 1 rings (SSSR count). The van der Waals surface area contributed by atoms with Gasteiger partial charge in [-0.3, -0.25) is 0 Å². The van der Waals surface area contributed by atoms with E-state index in [0.717, 1.165) is 0 Å². The molecule has 2 N–H and O–H groups in total. The predicted octanol–water partition coefficient (Wildman–Crippen LogP) is -0.595. The van der Waals surface area contributed by atoms with E-state index in [0.29, 0.717) is 18.8 Å². The van der Waals surface area contributed by atoms with Crippen molar-refractivity contribution in [2.45, 2.75) is 19.4 Å². The van der Waals surface area contributed by atoms with E-state index < -0.39 is 10.0 Å². The standard InChI is InChI=1S/C9H19N5O2S/c1-8(9-12-11-7-14(9)3)13-17(15,16)6-4-5-10-2/h7-8,10,13H,4-6H2,1-3H3. The lowest BCUT2D eigenvalue weighted by molar-refractivity contribution is 0.550. The number of aryl methyl sites for hydroxylation is 1. The molecular weight excluding hydrogens is 242 g/mol. The van der Waals surface area contributed by atoms with Crippen molar-refractivity contribution in [1.82, 2.24) is 24.8 Å². The molecule has 0 radical (unpaired) electrons. The summed E-state index contributed by atoms with van der Waals surface area (Å²) in [6.07, 6.45) is 2.12. The average Bonchev–Trinajstić information content (AvgIpc) is 2.64. The highest BCUT2D eigenvalue weighted by Crippen LogP contribution is 2.09. The van der Waals surface area contributed by atoms with Crippen molar-refractivity contribution in [3.63, 3.8) is 0 Å². The molecule has 98 valence electrons. The van der Waals surface area contributed by atoms with E-state index in [4.69, 9.17) is 0 Å². The minimum atomic E-state index is -3.27. The first-order valence-electron chi connectivity index (χ1n) is 5.45. The lowest BCUT2D eigenvalue weighted by Crippen LogP contribution is -2.31. The second-order valence-corrected chi connectivity index (χ2v) is 5.79. The van der Waals surface area contributed by atoms with Crippen LogP contribution in [0.2, 0.25) is 0 Å². The first kappa shape index (κ1) is 14.1. The first-order chi connectivity index (χ1) is 7.96. The van der Waals surface area contributed by atoms with Crippen LogP contribution in [0.4, 0.5) is 0 Å². The van der Waals surface area contributed by atoms with E-state index in [-0.39, 0.29) is 11.8 Å². The van der Waals surface area contributed by atoms with Crippen LogP contribution in [0.25, 0.3) is 0 Å². The quantitative estimate of drug-likeness (QED) is 0.640. The number of sulfonamides is 1. The minimum Gasteiger partial charge on any atom is -0.320 e. The molecular formula is C9H19N5O2S. The van der Waals surface area contributed by atoms with Gasteiger partial charge >= 0.3 is 0 Å². The molecule has 0 fully saturated rings. The summed E-state index contributed by atoms with van der Waals surface area (Å²) in [7, 11) is 0.306. The third-order valence-electron chi connectivity index (χ3n) is 2.33. The van der Waals surface area contributed by atoms with Crippen LogP contribution < -0.4 is 10.0 Å². The normalized spacial score (nSPS) is 13.8. The average molecular weight is 261 g/mol. The molecule has 0 aliphatic rings.